The molecule has 0 saturated heterocycles. The average Bonchev–Trinajstić information content (AvgIpc) is 2.36. The van der Waals surface area contributed by atoms with Crippen LogP contribution in [-0.2, 0) is 9.59 Å². The van der Waals surface area contributed by atoms with Crippen LogP contribution in [0, 0.1) is 0 Å². The topological polar surface area (TPSA) is 74.6 Å². The van der Waals surface area contributed by atoms with E-state index in [0.717, 1.165) is 16.6 Å². The zero-order chi connectivity index (χ0) is 19.2. The van der Waals surface area contributed by atoms with Crippen LogP contribution in [-0.4, -0.2) is 34.4 Å². The van der Waals surface area contributed by atoms with Gasteiger partial charge in [-0.1, -0.05) is 92.4 Å². The lowest BCUT2D eigenvalue weighted by atomic mass is 9.91. The number of rotatable bonds is 5. The van der Waals surface area contributed by atoms with Gasteiger partial charge in [-0.15, -0.1) is 0 Å². The molecule has 137 valence electrons. The number of allylic oxidation sites excluding steroid dienone is 2. The summed E-state index contributed by atoms with van der Waals surface area (Å²) in [5.74, 6) is -2.07. The second-order valence-electron chi connectivity index (χ2n) is 7.17. The van der Waals surface area contributed by atoms with Gasteiger partial charge in [-0.2, -0.15) is 0 Å². The van der Waals surface area contributed by atoms with Gasteiger partial charge in [0.05, 0.1) is 8.80 Å². The summed E-state index contributed by atoms with van der Waals surface area (Å²) in [6.45, 7) is 15.9. The number of alkyl halides is 1. The van der Waals surface area contributed by atoms with Gasteiger partial charge in [-0.3, -0.25) is 4.79 Å². The Morgan fingerprint density at radius 3 is 1.75 bits per heavy atom. The van der Waals surface area contributed by atoms with Gasteiger partial charge in [0.15, 0.2) is 0 Å². The van der Waals surface area contributed by atoms with Gasteiger partial charge < -0.3 is 10.2 Å². The van der Waals surface area contributed by atoms with Crippen molar-refractivity contribution in [3.05, 3.63) is 23.3 Å². The Balaban J connectivity index is 0.000000470. The Kier molecular flexibility index (Phi) is 9.49. The lowest BCUT2D eigenvalue weighted by Crippen LogP contribution is -2.33. The van der Waals surface area contributed by atoms with Crippen LogP contribution in [0.1, 0.15) is 54.9 Å². The van der Waals surface area contributed by atoms with E-state index in [0.29, 0.717) is 5.57 Å². The first-order valence-corrected chi connectivity index (χ1v) is 11.0. The third-order valence-electron chi connectivity index (χ3n) is 3.94. The molecule has 4 nitrogen and oxygen atoms in total. The largest absolute Gasteiger partial charge is 0.480 e. The summed E-state index contributed by atoms with van der Waals surface area (Å²) in [5.41, 5.74) is 3.62. The number of aliphatic carboxylic acids is 2. The third-order valence-corrected chi connectivity index (χ3v) is 9.09. The lowest BCUT2D eigenvalue weighted by Gasteiger charge is -2.26. The molecular formula is C18H30IO4Si. The van der Waals surface area contributed by atoms with Crippen molar-refractivity contribution in [1.29, 1.82) is 0 Å². The molecule has 1 aliphatic rings. The highest BCUT2D eigenvalue weighted by Gasteiger charge is 2.37. The first-order chi connectivity index (χ1) is 10.8. The highest BCUT2D eigenvalue weighted by molar-refractivity contribution is 14.1. The molecule has 0 spiro atoms. The van der Waals surface area contributed by atoms with Crippen LogP contribution in [0.4, 0.5) is 0 Å². The number of hydrogen-bond donors (Lipinski definition) is 2. The first kappa shape index (κ1) is 23.4. The van der Waals surface area contributed by atoms with Crippen molar-refractivity contribution in [3.63, 3.8) is 0 Å². The fourth-order valence-corrected chi connectivity index (χ4v) is 8.23. The normalized spacial score (nSPS) is 20.7. The van der Waals surface area contributed by atoms with Gasteiger partial charge in [0.1, 0.15) is 3.42 Å². The van der Waals surface area contributed by atoms with E-state index in [1.54, 1.807) is 35.6 Å². The number of carboxylic acids is 2. The van der Waals surface area contributed by atoms with Crippen LogP contribution < -0.4 is 0 Å². The molecule has 0 heterocycles. The fourth-order valence-electron chi connectivity index (χ4n) is 3.33. The minimum absolute atomic E-state index is 0.0234. The summed E-state index contributed by atoms with van der Waals surface area (Å²) in [4.78, 5) is 21.6. The summed E-state index contributed by atoms with van der Waals surface area (Å²) in [6.07, 6.45) is 3.10. The molecule has 24 heavy (non-hydrogen) atoms. The van der Waals surface area contributed by atoms with E-state index >= 15 is 0 Å². The maximum atomic E-state index is 10.9. The van der Waals surface area contributed by atoms with E-state index in [9.17, 15) is 9.59 Å². The van der Waals surface area contributed by atoms with Crippen molar-refractivity contribution >= 4 is 43.3 Å². The summed E-state index contributed by atoms with van der Waals surface area (Å²) >= 11 is 1.76. The first-order valence-electron chi connectivity index (χ1n) is 8.24. The molecule has 0 aromatic rings. The molecule has 1 radical (unpaired) electrons. The van der Waals surface area contributed by atoms with Crippen molar-refractivity contribution < 1.29 is 19.8 Å². The maximum absolute atomic E-state index is 10.9. The molecule has 6 heteroatoms. The van der Waals surface area contributed by atoms with Crippen molar-refractivity contribution in [2.45, 2.75) is 74.9 Å². The summed E-state index contributed by atoms with van der Waals surface area (Å²) < 4.78 is -1.12. The summed E-state index contributed by atoms with van der Waals surface area (Å²) in [7, 11) is -0.0957. The molecule has 0 saturated carbocycles. The molecule has 0 aromatic heterocycles. The number of hydrogen-bond acceptors (Lipinski definition) is 2. The quantitative estimate of drug-likeness (QED) is 0.328. The standard InChI is InChI=1S/C9H9IO4.C9H21Si/c1-5-2-6(7(11)12)4-9(10,3-5)8(13)14;1-7(2)10(8(3)4)9(5)6/h2-3H,4H2,1H3,(H,11,12)(H,13,14);7-9H,1-6H3. The van der Waals surface area contributed by atoms with E-state index < -0.39 is 15.4 Å². The number of carboxylic acid groups (broad SMARTS) is 2. The molecule has 1 atom stereocenters. The molecule has 0 amide bonds. The Morgan fingerprint density at radius 1 is 1.08 bits per heavy atom. The average molecular weight is 465 g/mol. The molecule has 1 unspecified atom stereocenters. The van der Waals surface area contributed by atoms with Gasteiger partial charge in [0.2, 0.25) is 0 Å². The molecule has 1 aliphatic carbocycles. The molecule has 0 aliphatic heterocycles. The Hall–Kier alpha value is -0.633. The van der Waals surface area contributed by atoms with E-state index in [1.807, 2.05) is 0 Å². The van der Waals surface area contributed by atoms with Crippen LogP contribution in [0.15, 0.2) is 23.3 Å². The molecule has 1 rings (SSSR count). The predicted molar refractivity (Wildman–Crippen MR) is 110 cm³/mol. The smallest absolute Gasteiger partial charge is 0.331 e. The van der Waals surface area contributed by atoms with E-state index in [1.165, 1.54) is 6.08 Å². The van der Waals surface area contributed by atoms with E-state index in [2.05, 4.69) is 41.5 Å². The van der Waals surface area contributed by atoms with Crippen LogP contribution in [0.3, 0.4) is 0 Å². The molecule has 0 aromatic carbocycles. The SMILES string of the molecule is CC(C)[Si](C(C)C)C(C)C.CC1=CC(I)(C(=O)O)CC(C(=O)O)=C1. The molecule has 0 bridgehead atoms. The van der Waals surface area contributed by atoms with Crippen LogP contribution in [0.5, 0.6) is 0 Å². The highest BCUT2D eigenvalue weighted by Crippen LogP contribution is 2.34. The third kappa shape index (κ3) is 7.09. The zero-order valence-electron chi connectivity index (χ0n) is 15.7. The summed E-state index contributed by atoms with van der Waals surface area (Å²) in [5, 5.41) is 17.7. The zero-order valence-corrected chi connectivity index (χ0v) is 18.8. The van der Waals surface area contributed by atoms with E-state index in [4.69, 9.17) is 10.2 Å². The maximum Gasteiger partial charge on any atom is 0.331 e. The second kappa shape index (κ2) is 9.75. The Labute approximate surface area is 161 Å². The van der Waals surface area contributed by atoms with Crippen molar-refractivity contribution in [2.75, 3.05) is 0 Å². The second-order valence-corrected chi connectivity index (χ2v) is 13.6. The van der Waals surface area contributed by atoms with Crippen LogP contribution in [0.2, 0.25) is 16.6 Å². The highest BCUT2D eigenvalue weighted by atomic mass is 127. The van der Waals surface area contributed by atoms with Crippen LogP contribution >= 0.6 is 22.6 Å². The van der Waals surface area contributed by atoms with Gasteiger partial charge >= 0.3 is 11.9 Å². The minimum atomic E-state index is -1.12. The predicted octanol–water partition coefficient (Wildman–Crippen LogP) is 5.32. The minimum Gasteiger partial charge on any atom is -0.480 e. The van der Waals surface area contributed by atoms with Crippen molar-refractivity contribution in [2.24, 2.45) is 0 Å². The van der Waals surface area contributed by atoms with Gasteiger partial charge in [0.25, 0.3) is 0 Å². The molecule has 0 fully saturated rings. The van der Waals surface area contributed by atoms with Crippen LogP contribution in [0.25, 0.3) is 0 Å². The molecular weight excluding hydrogens is 435 g/mol. The van der Waals surface area contributed by atoms with Gasteiger partial charge in [0, 0.05) is 12.0 Å². The Bertz CT molecular complexity index is 504. The number of carbonyl (C=O) groups is 2. The van der Waals surface area contributed by atoms with Gasteiger partial charge in [-0.25, -0.2) is 4.79 Å². The summed E-state index contributed by atoms with van der Waals surface area (Å²) in [6, 6.07) is 0. The Morgan fingerprint density at radius 2 is 1.50 bits per heavy atom. The van der Waals surface area contributed by atoms with Crippen molar-refractivity contribution in [3.8, 4) is 0 Å². The monoisotopic (exact) mass is 465 g/mol. The molecule has 2 N–H and O–H groups in total. The van der Waals surface area contributed by atoms with Crippen molar-refractivity contribution in [1.82, 2.24) is 0 Å². The van der Waals surface area contributed by atoms with Gasteiger partial charge in [-0.05, 0) is 13.0 Å². The number of halogens is 1. The lowest BCUT2D eigenvalue weighted by molar-refractivity contribution is -0.138. The fraction of sp³-hybridized carbons (Fsp3) is 0.667. The van der Waals surface area contributed by atoms with E-state index in [-0.39, 0.29) is 20.8 Å².